The van der Waals surface area contributed by atoms with E-state index in [4.69, 9.17) is 4.74 Å². The van der Waals surface area contributed by atoms with Crippen molar-refractivity contribution in [1.82, 2.24) is 15.1 Å². The summed E-state index contributed by atoms with van der Waals surface area (Å²) in [6, 6.07) is 14.6. The van der Waals surface area contributed by atoms with Crippen molar-refractivity contribution in [2.75, 3.05) is 31.1 Å². The Morgan fingerprint density at radius 2 is 1.79 bits per heavy atom. The molecule has 3 aromatic rings. The molecule has 1 atom stereocenters. The highest BCUT2D eigenvalue weighted by Crippen LogP contribution is 2.34. The molecule has 0 spiro atoms. The fourth-order valence-electron chi connectivity index (χ4n) is 5.96. The highest BCUT2D eigenvalue weighted by molar-refractivity contribution is 6.05. The molecule has 10 heteroatoms. The number of imide groups is 1. The second-order valence-electron chi connectivity index (χ2n) is 11.1. The quantitative estimate of drug-likeness (QED) is 0.397. The second kappa shape index (κ2) is 12.0. The molecule has 3 aliphatic rings. The van der Waals surface area contributed by atoms with Crippen LogP contribution in [-0.4, -0.2) is 59.7 Å². The fraction of sp³-hybridized carbons (Fsp3) is 0.303. The molecule has 3 aromatic carbocycles. The van der Waals surface area contributed by atoms with Crippen molar-refractivity contribution in [2.45, 2.75) is 38.6 Å². The highest BCUT2D eigenvalue weighted by atomic mass is 19.1. The van der Waals surface area contributed by atoms with Crippen LogP contribution in [0.2, 0.25) is 0 Å². The van der Waals surface area contributed by atoms with Crippen molar-refractivity contribution >= 4 is 29.5 Å². The maximum atomic E-state index is 15.1. The summed E-state index contributed by atoms with van der Waals surface area (Å²) in [5.74, 6) is -1.18. The zero-order valence-electron chi connectivity index (χ0n) is 23.7. The second-order valence-corrected chi connectivity index (χ2v) is 11.1. The number of amides is 3. The first-order valence-electron chi connectivity index (χ1n) is 14.4. The van der Waals surface area contributed by atoms with Crippen molar-refractivity contribution in [3.63, 3.8) is 0 Å². The van der Waals surface area contributed by atoms with Crippen LogP contribution in [0.1, 0.15) is 45.5 Å². The number of benzene rings is 3. The summed E-state index contributed by atoms with van der Waals surface area (Å²) < 4.78 is 35.7. The molecule has 0 saturated carbocycles. The van der Waals surface area contributed by atoms with Gasteiger partial charge in [-0.15, -0.1) is 0 Å². The van der Waals surface area contributed by atoms with Gasteiger partial charge in [-0.2, -0.15) is 0 Å². The molecule has 3 heterocycles. The minimum Gasteiger partial charge on any atom is -0.489 e. The van der Waals surface area contributed by atoms with Crippen LogP contribution < -0.4 is 15.0 Å². The predicted octanol–water partition coefficient (Wildman–Crippen LogP) is 4.27. The van der Waals surface area contributed by atoms with Crippen molar-refractivity contribution in [3.8, 4) is 5.75 Å². The first-order chi connectivity index (χ1) is 20.8. The number of halogens is 2. The van der Waals surface area contributed by atoms with Gasteiger partial charge in [0.25, 0.3) is 5.91 Å². The van der Waals surface area contributed by atoms with Crippen LogP contribution in [0.3, 0.4) is 0 Å². The number of rotatable bonds is 8. The molecule has 1 N–H and O–H groups in total. The molecule has 0 radical (unpaired) electrons. The maximum Gasteiger partial charge on any atom is 0.255 e. The van der Waals surface area contributed by atoms with Gasteiger partial charge in [0.15, 0.2) is 0 Å². The molecule has 0 aliphatic carbocycles. The molecular weight excluding hydrogens is 554 g/mol. The molecule has 3 amide bonds. The highest BCUT2D eigenvalue weighted by Gasteiger charge is 2.40. The maximum absolute atomic E-state index is 15.1. The van der Waals surface area contributed by atoms with Crippen LogP contribution in [-0.2, 0) is 29.3 Å². The van der Waals surface area contributed by atoms with E-state index >= 15 is 4.39 Å². The van der Waals surface area contributed by atoms with Crippen molar-refractivity contribution in [2.24, 2.45) is 0 Å². The van der Waals surface area contributed by atoms with Crippen molar-refractivity contribution < 1.29 is 27.9 Å². The van der Waals surface area contributed by atoms with Gasteiger partial charge in [0, 0.05) is 55.8 Å². The van der Waals surface area contributed by atoms with Crippen LogP contribution in [0.5, 0.6) is 5.75 Å². The van der Waals surface area contributed by atoms with E-state index in [1.54, 1.807) is 36.4 Å². The summed E-state index contributed by atoms with van der Waals surface area (Å²) in [5, 5.41) is 2.30. The monoisotopic (exact) mass is 586 g/mol. The first-order valence-corrected chi connectivity index (χ1v) is 14.4. The molecule has 0 bridgehead atoms. The van der Waals surface area contributed by atoms with Crippen LogP contribution in [0.15, 0.2) is 61.2 Å². The van der Waals surface area contributed by atoms with Crippen LogP contribution in [0.4, 0.5) is 14.5 Å². The number of hydrogen-bond acceptors (Lipinski definition) is 6. The molecule has 8 nitrogen and oxygen atoms in total. The van der Waals surface area contributed by atoms with Crippen LogP contribution >= 0.6 is 0 Å². The summed E-state index contributed by atoms with van der Waals surface area (Å²) in [6.07, 6.45) is 2.08. The number of nitrogens with zero attached hydrogens (tertiary/aromatic N) is 3. The van der Waals surface area contributed by atoms with Gasteiger partial charge in [-0.1, -0.05) is 36.9 Å². The zero-order valence-corrected chi connectivity index (χ0v) is 23.7. The Labute approximate surface area is 248 Å². The van der Waals surface area contributed by atoms with E-state index < -0.39 is 11.9 Å². The standard InChI is InChI=1S/C33H32F2N4O4/c1-2-21-7-9-28(27(35)16-21)38-14-12-37(13-15-38)18-23-8-6-22(17-26(23)34)20-43-30-5-3-4-24-25(30)19-39(33(24)42)29-10-11-31(40)36-32(29)41/h2-9,16-17,29H,1,10-15,18-20H2,(H,36,40,41)/t29-/m0/s1. The van der Waals surface area contributed by atoms with Crippen LogP contribution in [0, 0.1) is 11.6 Å². The third-order valence-corrected chi connectivity index (χ3v) is 8.37. The number of carbonyl (C=O) groups is 3. The Balaban J connectivity index is 1.05. The lowest BCUT2D eigenvalue weighted by molar-refractivity contribution is -0.136. The van der Waals surface area contributed by atoms with E-state index in [0.717, 1.165) is 5.56 Å². The Morgan fingerprint density at radius 3 is 2.51 bits per heavy atom. The molecular formula is C33H32F2N4O4. The van der Waals surface area contributed by atoms with Gasteiger partial charge < -0.3 is 14.5 Å². The summed E-state index contributed by atoms with van der Waals surface area (Å²) >= 11 is 0. The average Bonchev–Trinajstić information content (AvgIpc) is 3.34. The Morgan fingerprint density at radius 1 is 0.977 bits per heavy atom. The van der Waals surface area contributed by atoms with Crippen molar-refractivity contribution in [1.29, 1.82) is 0 Å². The van der Waals surface area contributed by atoms with Gasteiger partial charge in [0.2, 0.25) is 11.8 Å². The molecule has 222 valence electrons. The van der Waals surface area contributed by atoms with E-state index in [9.17, 15) is 18.8 Å². The smallest absolute Gasteiger partial charge is 0.255 e. The predicted molar refractivity (Wildman–Crippen MR) is 157 cm³/mol. The van der Waals surface area contributed by atoms with Crippen molar-refractivity contribution in [3.05, 3.63) is 101 Å². The normalized spacial score (nSPS) is 18.9. The fourth-order valence-corrected chi connectivity index (χ4v) is 5.96. The average molecular weight is 587 g/mol. The SMILES string of the molecule is C=Cc1ccc(N2CCN(Cc3ccc(COc4cccc5c4CN([C@H]4CCC(=O)NC4=O)C5=O)cc3F)CC2)c(F)c1. The number of hydrogen-bond donors (Lipinski definition) is 1. The van der Waals surface area contributed by atoms with Gasteiger partial charge in [-0.25, -0.2) is 8.78 Å². The Bertz CT molecular complexity index is 1600. The molecule has 0 aromatic heterocycles. The Hall–Kier alpha value is -4.57. The molecule has 43 heavy (non-hydrogen) atoms. The minimum atomic E-state index is -0.708. The van der Waals surface area contributed by atoms with E-state index in [1.165, 1.54) is 17.0 Å². The third-order valence-electron chi connectivity index (χ3n) is 8.37. The minimum absolute atomic E-state index is 0.106. The van der Waals surface area contributed by atoms with E-state index in [0.29, 0.717) is 66.4 Å². The van der Waals surface area contributed by atoms with Gasteiger partial charge in [-0.3, -0.25) is 24.6 Å². The van der Waals surface area contributed by atoms with Gasteiger partial charge >= 0.3 is 0 Å². The van der Waals surface area contributed by atoms with E-state index in [-0.39, 0.29) is 49.4 Å². The molecule has 2 fully saturated rings. The lowest BCUT2D eigenvalue weighted by Crippen LogP contribution is -2.52. The topological polar surface area (TPSA) is 82.2 Å². The summed E-state index contributed by atoms with van der Waals surface area (Å²) in [6.45, 7) is 7.08. The van der Waals surface area contributed by atoms with E-state index in [1.807, 2.05) is 17.0 Å². The number of piperidine rings is 1. The summed E-state index contributed by atoms with van der Waals surface area (Å²) in [5.41, 5.74) is 3.66. The largest absolute Gasteiger partial charge is 0.489 e. The number of fused-ring (bicyclic) bond motifs is 1. The first kappa shape index (κ1) is 28.5. The third kappa shape index (κ3) is 5.87. The van der Waals surface area contributed by atoms with Gasteiger partial charge in [0.1, 0.15) is 30.0 Å². The number of ether oxygens (including phenoxy) is 1. The summed E-state index contributed by atoms with van der Waals surface area (Å²) in [4.78, 5) is 42.6. The van der Waals surface area contributed by atoms with Gasteiger partial charge in [-0.05, 0) is 47.9 Å². The number of carbonyl (C=O) groups excluding carboxylic acids is 3. The number of nitrogens with one attached hydrogen (secondary N) is 1. The molecule has 6 rings (SSSR count). The van der Waals surface area contributed by atoms with Gasteiger partial charge in [0.05, 0.1) is 12.2 Å². The lowest BCUT2D eigenvalue weighted by atomic mass is 10.0. The Kier molecular flexibility index (Phi) is 7.94. The van der Waals surface area contributed by atoms with E-state index in [2.05, 4.69) is 16.8 Å². The van der Waals surface area contributed by atoms with Crippen LogP contribution in [0.25, 0.3) is 6.08 Å². The molecule has 0 unspecified atom stereocenters. The lowest BCUT2D eigenvalue weighted by Gasteiger charge is -2.36. The zero-order chi connectivity index (χ0) is 30.1. The molecule has 2 saturated heterocycles. The number of piperazine rings is 1. The summed E-state index contributed by atoms with van der Waals surface area (Å²) in [7, 11) is 0. The molecule has 3 aliphatic heterocycles. The number of anilines is 1.